The zero-order chi connectivity index (χ0) is 17.3. The molecule has 0 aliphatic rings. The highest BCUT2D eigenvalue weighted by atomic mass is 32.2. The number of primary sulfonamides is 1. The molecule has 0 atom stereocenters. The normalized spacial score (nSPS) is 11.7. The summed E-state index contributed by atoms with van der Waals surface area (Å²) in [6.07, 6.45) is 0.409. The Morgan fingerprint density at radius 2 is 1.67 bits per heavy atom. The van der Waals surface area contributed by atoms with Gasteiger partial charge in [0.15, 0.2) is 0 Å². The SMILES string of the molecule is NS(=O)(=O)c1ccc(CCn2c(=O)[nH]c3ccccc3c2=O)cc1. The van der Waals surface area contributed by atoms with Gasteiger partial charge in [-0.05, 0) is 36.2 Å². The van der Waals surface area contributed by atoms with Gasteiger partial charge in [0.25, 0.3) is 5.56 Å². The number of para-hydroxylation sites is 1. The average molecular weight is 345 g/mol. The van der Waals surface area contributed by atoms with Crippen molar-refractivity contribution < 1.29 is 8.42 Å². The van der Waals surface area contributed by atoms with Crippen molar-refractivity contribution in [2.24, 2.45) is 5.14 Å². The molecule has 3 N–H and O–H groups in total. The van der Waals surface area contributed by atoms with Crippen LogP contribution in [0.5, 0.6) is 0 Å². The molecular formula is C16H15N3O4S. The van der Waals surface area contributed by atoms with Crippen molar-refractivity contribution in [2.45, 2.75) is 17.9 Å². The summed E-state index contributed by atoms with van der Waals surface area (Å²) in [6, 6.07) is 12.8. The van der Waals surface area contributed by atoms with Crippen molar-refractivity contribution in [1.29, 1.82) is 0 Å². The number of aryl methyl sites for hydroxylation is 1. The smallest absolute Gasteiger partial charge is 0.307 e. The number of fused-ring (bicyclic) bond motifs is 1. The molecule has 0 saturated heterocycles. The third-order valence-corrected chi connectivity index (χ3v) is 4.69. The summed E-state index contributed by atoms with van der Waals surface area (Å²) in [5.74, 6) is 0. The van der Waals surface area contributed by atoms with Gasteiger partial charge in [0.1, 0.15) is 0 Å². The van der Waals surface area contributed by atoms with Crippen molar-refractivity contribution >= 4 is 20.9 Å². The summed E-state index contributed by atoms with van der Waals surface area (Å²) in [6.45, 7) is 0.188. The maximum atomic E-state index is 12.4. The number of nitrogens with two attached hydrogens (primary N) is 1. The molecule has 0 bridgehead atoms. The Morgan fingerprint density at radius 3 is 2.33 bits per heavy atom. The highest BCUT2D eigenvalue weighted by Gasteiger charge is 2.09. The van der Waals surface area contributed by atoms with Crippen LogP contribution >= 0.6 is 0 Å². The zero-order valence-corrected chi connectivity index (χ0v) is 13.4. The van der Waals surface area contributed by atoms with E-state index in [1.807, 2.05) is 0 Å². The van der Waals surface area contributed by atoms with E-state index >= 15 is 0 Å². The highest BCUT2D eigenvalue weighted by Crippen LogP contribution is 2.10. The fraction of sp³-hybridized carbons (Fsp3) is 0.125. The van der Waals surface area contributed by atoms with Crippen LogP contribution in [-0.4, -0.2) is 18.0 Å². The first-order valence-electron chi connectivity index (χ1n) is 7.20. The maximum absolute atomic E-state index is 12.4. The van der Waals surface area contributed by atoms with E-state index in [9.17, 15) is 18.0 Å². The number of rotatable bonds is 4. The van der Waals surface area contributed by atoms with Crippen molar-refractivity contribution in [3.63, 3.8) is 0 Å². The monoisotopic (exact) mass is 345 g/mol. The number of hydrogen-bond donors (Lipinski definition) is 2. The molecule has 7 nitrogen and oxygen atoms in total. The lowest BCUT2D eigenvalue weighted by molar-refractivity contribution is 0.597. The van der Waals surface area contributed by atoms with Gasteiger partial charge in [0.2, 0.25) is 10.0 Å². The number of aromatic amines is 1. The number of H-pyrrole nitrogens is 1. The third kappa shape index (κ3) is 3.15. The summed E-state index contributed by atoms with van der Waals surface area (Å²) in [7, 11) is -3.73. The van der Waals surface area contributed by atoms with Crippen LogP contribution in [0.25, 0.3) is 10.9 Å². The second kappa shape index (κ2) is 6.06. The number of sulfonamides is 1. The van der Waals surface area contributed by atoms with Gasteiger partial charge >= 0.3 is 5.69 Å². The predicted molar refractivity (Wildman–Crippen MR) is 90.3 cm³/mol. The molecule has 8 heteroatoms. The van der Waals surface area contributed by atoms with E-state index in [2.05, 4.69) is 4.98 Å². The van der Waals surface area contributed by atoms with Crippen LogP contribution in [0.15, 0.2) is 63.0 Å². The maximum Gasteiger partial charge on any atom is 0.328 e. The Labute approximate surface area is 137 Å². The zero-order valence-electron chi connectivity index (χ0n) is 12.6. The molecule has 3 aromatic rings. The van der Waals surface area contributed by atoms with E-state index < -0.39 is 15.7 Å². The van der Waals surface area contributed by atoms with Gasteiger partial charge in [-0.15, -0.1) is 0 Å². The Balaban J connectivity index is 1.89. The molecule has 0 unspecified atom stereocenters. The molecule has 3 rings (SSSR count). The van der Waals surface area contributed by atoms with Gasteiger partial charge in [-0.2, -0.15) is 0 Å². The standard InChI is InChI=1S/C16H15N3O4S/c17-24(22,23)12-7-5-11(6-8-12)9-10-19-15(20)13-3-1-2-4-14(13)18-16(19)21/h1-8H,9-10H2,(H,18,21)(H2,17,22,23). The lowest BCUT2D eigenvalue weighted by Gasteiger charge is -2.07. The van der Waals surface area contributed by atoms with Crippen molar-refractivity contribution in [2.75, 3.05) is 0 Å². The van der Waals surface area contributed by atoms with Crippen LogP contribution in [0.4, 0.5) is 0 Å². The minimum absolute atomic E-state index is 0.0203. The Hall–Kier alpha value is -2.71. The van der Waals surface area contributed by atoms with Crippen LogP contribution in [-0.2, 0) is 23.0 Å². The molecule has 0 fully saturated rings. The number of aromatic nitrogens is 2. The van der Waals surface area contributed by atoms with E-state index in [0.717, 1.165) is 10.1 Å². The topological polar surface area (TPSA) is 115 Å². The van der Waals surface area contributed by atoms with Crippen molar-refractivity contribution in [3.8, 4) is 0 Å². The average Bonchev–Trinajstić information content (AvgIpc) is 2.54. The summed E-state index contributed by atoms with van der Waals surface area (Å²) < 4.78 is 23.6. The molecule has 24 heavy (non-hydrogen) atoms. The van der Waals surface area contributed by atoms with Gasteiger partial charge < -0.3 is 4.98 Å². The number of nitrogens with zero attached hydrogens (tertiary/aromatic N) is 1. The van der Waals surface area contributed by atoms with Crippen molar-refractivity contribution in [1.82, 2.24) is 9.55 Å². The molecular weight excluding hydrogens is 330 g/mol. The van der Waals surface area contributed by atoms with Gasteiger partial charge in [0, 0.05) is 6.54 Å². The molecule has 1 aromatic heterocycles. The molecule has 1 heterocycles. The summed E-state index contributed by atoms with van der Waals surface area (Å²) in [5, 5.41) is 5.49. The molecule has 0 aliphatic carbocycles. The first-order valence-corrected chi connectivity index (χ1v) is 8.74. The molecule has 124 valence electrons. The minimum atomic E-state index is -3.73. The molecule has 0 aliphatic heterocycles. The number of hydrogen-bond acceptors (Lipinski definition) is 4. The van der Waals surface area contributed by atoms with Gasteiger partial charge in [-0.3, -0.25) is 9.36 Å². The fourth-order valence-corrected chi connectivity index (χ4v) is 3.00. The van der Waals surface area contributed by atoms with Crippen LogP contribution in [0.3, 0.4) is 0 Å². The predicted octanol–water partition coefficient (Wildman–Crippen LogP) is 0.580. The van der Waals surface area contributed by atoms with E-state index in [1.165, 1.54) is 12.1 Å². The molecule has 0 saturated carbocycles. The van der Waals surface area contributed by atoms with Gasteiger partial charge in [-0.1, -0.05) is 24.3 Å². The number of benzene rings is 2. The molecule has 0 spiro atoms. The van der Waals surface area contributed by atoms with Gasteiger partial charge in [0.05, 0.1) is 15.8 Å². The third-order valence-electron chi connectivity index (χ3n) is 3.77. The van der Waals surface area contributed by atoms with Crippen molar-refractivity contribution in [3.05, 3.63) is 74.9 Å². The van der Waals surface area contributed by atoms with Crippen LogP contribution in [0.1, 0.15) is 5.56 Å². The van der Waals surface area contributed by atoms with E-state index in [-0.39, 0.29) is 17.0 Å². The Morgan fingerprint density at radius 1 is 1.00 bits per heavy atom. The minimum Gasteiger partial charge on any atom is -0.307 e. The molecule has 2 aromatic carbocycles. The molecule has 0 radical (unpaired) electrons. The first kappa shape index (κ1) is 16.2. The Kier molecular flexibility index (Phi) is 4.08. The quantitative estimate of drug-likeness (QED) is 0.719. The van der Waals surface area contributed by atoms with E-state index in [1.54, 1.807) is 36.4 Å². The van der Waals surface area contributed by atoms with E-state index in [4.69, 9.17) is 5.14 Å². The highest BCUT2D eigenvalue weighted by molar-refractivity contribution is 7.89. The number of nitrogens with one attached hydrogen (secondary N) is 1. The summed E-state index contributed by atoms with van der Waals surface area (Å²) >= 11 is 0. The summed E-state index contributed by atoms with van der Waals surface area (Å²) in [5.41, 5.74) is 0.471. The Bertz CT molecular complexity index is 1110. The lowest BCUT2D eigenvalue weighted by Crippen LogP contribution is -2.35. The van der Waals surface area contributed by atoms with E-state index in [0.29, 0.717) is 17.3 Å². The van der Waals surface area contributed by atoms with Crippen LogP contribution < -0.4 is 16.4 Å². The summed E-state index contributed by atoms with van der Waals surface area (Å²) in [4.78, 5) is 27.2. The van der Waals surface area contributed by atoms with Crippen LogP contribution in [0, 0.1) is 0 Å². The fourth-order valence-electron chi connectivity index (χ4n) is 2.49. The van der Waals surface area contributed by atoms with Crippen LogP contribution in [0.2, 0.25) is 0 Å². The largest absolute Gasteiger partial charge is 0.328 e. The first-order chi connectivity index (χ1) is 11.4. The van der Waals surface area contributed by atoms with Gasteiger partial charge in [-0.25, -0.2) is 18.4 Å². The second-order valence-electron chi connectivity index (χ2n) is 5.37. The second-order valence-corrected chi connectivity index (χ2v) is 6.93. The molecule has 0 amide bonds. The lowest BCUT2D eigenvalue weighted by atomic mass is 10.1.